The zero-order valence-corrected chi connectivity index (χ0v) is 10.2. The first-order valence-electron chi connectivity index (χ1n) is 4.50. The molecule has 0 aliphatic rings. The van der Waals surface area contributed by atoms with Gasteiger partial charge in [0.1, 0.15) is 0 Å². The van der Waals surface area contributed by atoms with E-state index in [0.717, 1.165) is 5.56 Å². The number of hydrogen-bond donors (Lipinski definition) is 3. The molecule has 1 aromatic rings. The first-order valence-corrected chi connectivity index (χ1v) is 5.86. The average Bonchev–Trinajstić information content (AvgIpc) is 2.18. The molecule has 0 fully saturated rings. The van der Waals surface area contributed by atoms with Gasteiger partial charge in [0, 0.05) is 0 Å². The molecule has 0 saturated carbocycles. The zero-order chi connectivity index (χ0) is 12.2. The summed E-state index contributed by atoms with van der Waals surface area (Å²) in [5.41, 5.74) is 6.27. The van der Waals surface area contributed by atoms with Crippen molar-refractivity contribution < 1.29 is 21.9 Å². The number of methoxy groups -OCH3 is 1. The second kappa shape index (κ2) is 6.40. The van der Waals surface area contributed by atoms with Crippen LogP contribution < -0.4 is 20.8 Å². The van der Waals surface area contributed by atoms with Crippen LogP contribution in [-0.2, 0) is 16.8 Å². The standard InChI is InChI=1S/C9H13NO5S.H3N/c1-14-9-6-7(4-5-10)2-3-8(9)15-16(11,12)13;/h2-3,6H,4-5,10H2,1H3,(H,11,12,13);1H3. The third-order valence-corrected chi connectivity index (χ3v) is 2.25. The molecule has 7 nitrogen and oxygen atoms in total. The Balaban J connectivity index is 0.00000256. The van der Waals surface area contributed by atoms with Gasteiger partial charge in [-0.25, -0.2) is 0 Å². The minimum absolute atomic E-state index is 0. The highest BCUT2D eigenvalue weighted by Crippen LogP contribution is 2.29. The maximum absolute atomic E-state index is 10.5. The van der Waals surface area contributed by atoms with Gasteiger partial charge in [-0.05, 0) is 30.7 Å². The number of nitrogens with two attached hydrogens (primary N) is 1. The van der Waals surface area contributed by atoms with Crippen molar-refractivity contribution in [2.45, 2.75) is 6.42 Å². The zero-order valence-electron chi connectivity index (χ0n) is 9.42. The van der Waals surface area contributed by atoms with Gasteiger partial charge in [-0.1, -0.05) is 6.07 Å². The molecule has 0 saturated heterocycles. The molecule has 98 valence electrons. The normalized spacial score (nSPS) is 10.5. The highest BCUT2D eigenvalue weighted by Gasteiger charge is 2.12. The molecule has 17 heavy (non-hydrogen) atoms. The molecule has 0 aromatic heterocycles. The van der Waals surface area contributed by atoms with Crippen molar-refractivity contribution in [2.24, 2.45) is 5.73 Å². The number of benzene rings is 1. The van der Waals surface area contributed by atoms with E-state index in [1.54, 1.807) is 12.1 Å². The SMILES string of the molecule is COc1cc(CCN)ccc1OS(=O)(=O)O.N. The summed E-state index contributed by atoms with van der Waals surface area (Å²) in [4.78, 5) is 0. The molecule has 0 bridgehead atoms. The fourth-order valence-electron chi connectivity index (χ4n) is 1.22. The Bertz CT molecular complexity index is 460. The quantitative estimate of drug-likeness (QED) is 0.660. The Morgan fingerprint density at radius 3 is 2.47 bits per heavy atom. The van der Waals surface area contributed by atoms with Gasteiger partial charge < -0.3 is 20.8 Å². The summed E-state index contributed by atoms with van der Waals surface area (Å²) in [6, 6.07) is 4.65. The number of rotatable bonds is 5. The molecular formula is C9H16N2O5S. The van der Waals surface area contributed by atoms with Gasteiger partial charge in [0.25, 0.3) is 0 Å². The predicted molar refractivity (Wildman–Crippen MR) is 63.0 cm³/mol. The van der Waals surface area contributed by atoms with Crippen LogP contribution >= 0.6 is 0 Å². The van der Waals surface area contributed by atoms with Crippen LogP contribution in [0.3, 0.4) is 0 Å². The summed E-state index contributed by atoms with van der Waals surface area (Å²) in [6.45, 7) is 0.474. The van der Waals surface area contributed by atoms with E-state index in [-0.39, 0.29) is 17.6 Å². The number of ether oxygens (including phenoxy) is 1. The van der Waals surface area contributed by atoms with Gasteiger partial charge in [-0.15, -0.1) is 0 Å². The van der Waals surface area contributed by atoms with Gasteiger partial charge in [0.05, 0.1) is 7.11 Å². The third kappa shape index (κ3) is 5.00. The highest BCUT2D eigenvalue weighted by molar-refractivity contribution is 7.81. The van der Waals surface area contributed by atoms with Crippen LogP contribution in [0.1, 0.15) is 5.56 Å². The fourth-order valence-corrected chi connectivity index (χ4v) is 1.58. The van der Waals surface area contributed by atoms with E-state index < -0.39 is 10.4 Å². The van der Waals surface area contributed by atoms with Gasteiger partial charge in [-0.3, -0.25) is 4.55 Å². The molecule has 0 amide bonds. The third-order valence-electron chi connectivity index (χ3n) is 1.86. The molecule has 0 aliphatic carbocycles. The van der Waals surface area contributed by atoms with Crippen molar-refractivity contribution in [3.63, 3.8) is 0 Å². The molecule has 8 heteroatoms. The molecule has 0 atom stereocenters. The molecule has 0 unspecified atom stereocenters. The van der Waals surface area contributed by atoms with Gasteiger partial charge >= 0.3 is 10.4 Å². The molecule has 0 radical (unpaired) electrons. The van der Waals surface area contributed by atoms with E-state index in [2.05, 4.69) is 4.18 Å². The van der Waals surface area contributed by atoms with Crippen LogP contribution in [0.15, 0.2) is 18.2 Å². The Hall–Kier alpha value is -1.35. The van der Waals surface area contributed by atoms with E-state index in [1.165, 1.54) is 13.2 Å². The summed E-state index contributed by atoms with van der Waals surface area (Å²) >= 11 is 0. The Morgan fingerprint density at radius 1 is 1.35 bits per heavy atom. The molecule has 1 rings (SSSR count). The van der Waals surface area contributed by atoms with Crippen molar-refractivity contribution >= 4 is 10.4 Å². The molecule has 0 spiro atoms. The van der Waals surface area contributed by atoms with Crippen molar-refractivity contribution in [1.29, 1.82) is 0 Å². The van der Waals surface area contributed by atoms with Gasteiger partial charge in [-0.2, -0.15) is 8.42 Å². The van der Waals surface area contributed by atoms with Gasteiger partial charge in [0.15, 0.2) is 11.5 Å². The number of hydrogen-bond acceptors (Lipinski definition) is 6. The van der Waals surface area contributed by atoms with Crippen molar-refractivity contribution in [3.8, 4) is 11.5 Å². The smallest absolute Gasteiger partial charge is 0.446 e. The largest absolute Gasteiger partial charge is 0.493 e. The second-order valence-electron chi connectivity index (χ2n) is 3.03. The second-order valence-corrected chi connectivity index (χ2v) is 4.06. The van der Waals surface area contributed by atoms with Crippen LogP contribution in [0.4, 0.5) is 0 Å². The van der Waals surface area contributed by atoms with Crippen molar-refractivity contribution in [3.05, 3.63) is 23.8 Å². The molecular weight excluding hydrogens is 248 g/mol. The van der Waals surface area contributed by atoms with E-state index >= 15 is 0 Å². The minimum atomic E-state index is -4.54. The Kier molecular flexibility index (Phi) is 5.89. The predicted octanol–water partition coefficient (Wildman–Crippen LogP) is 0.540. The fraction of sp³-hybridized carbons (Fsp3) is 0.333. The summed E-state index contributed by atoms with van der Waals surface area (Å²) in [5, 5.41) is 0. The van der Waals surface area contributed by atoms with Crippen LogP contribution in [0.2, 0.25) is 0 Å². The Morgan fingerprint density at radius 2 is 2.00 bits per heavy atom. The van der Waals surface area contributed by atoms with E-state index in [4.69, 9.17) is 15.0 Å². The average molecular weight is 264 g/mol. The van der Waals surface area contributed by atoms with Crippen molar-refractivity contribution in [2.75, 3.05) is 13.7 Å². The molecule has 0 aliphatic heterocycles. The maximum Gasteiger partial charge on any atom is 0.446 e. The van der Waals surface area contributed by atoms with Crippen molar-refractivity contribution in [1.82, 2.24) is 6.15 Å². The lowest BCUT2D eigenvalue weighted by atomic mass is 10.1. The lowest BCUT2D eigenvalue weighted by molar-refractivity contribution is 0.360. The lowest BCUT2D eigenvalue weighted by Crippen LogP contribution is -2.08. The van der Waals surface area contributed by atoms with Gasteiger partial charge in [0.2, 0.25) is 0 Å². The van der Waals surface area contributed by atoms with E-state index in [1.807, 2.05) is 0 Å². The minimum Gasteiger partial charge on any atom is -0.493 e. The van der Waals surface area contributed by atoms with E-state index in [9.17, 15) is 8.42 Å². The molecule has 6 N–H and O–H groups in total. The lowest BCUT2D eigenvalue weighted by Gasteiger charge is -2.09. The van der Waals surface area contributed by atoms with Crippen LogP contribution in [-0.4, -0.2) is 26.6 Å². The molecule has 1 aromatic carbocycles. The first kappa shape index (κ1) is 15.7. The van der Waals surface area contributed by atoms with Crippen LogP contribution in [0, 0.1) is 0 Å². The Labute approximate surface area is 100 Å². The van der Waals surface area contributed by atoms with Crippen LogP contribution in [0.5, 0.6) is 11.5 Å². The summed E-state index contributed by atoms with van der Waals surface area (Å²) in [5.74, 6) is 0.161. The maximum atomic E-state index is 10.5. The monoisotopic (exact) mass is 264 g/mol. The topological polar surface area (TPSA) is 134 Å². The summed E-state index contributed by atoms with van der Waals surface area (Å²) in [7, 11) is -3.17. The molecule has 0 heterocycles. The summed E-state index contributed by atoms with van der Waals surface area (Å²) < 4.78 is 38.9. The van der Waals surface area contributed by atoms with E-state index in [0.29, 0.717) is 13.0 Å². The first-order chi connectivity index (χ1) is 7.46. The summed E-state index contributed by atoms with van der Waals surface area (Å²) in [6.07, 6.45) is 0.641. The highest BCUT2D eigenvalue weighted by atomic mass is 32.3. The van der Waals surface area contributed by atoms with Crippen LogP contribution in [0.25, 0.3) is 0 Å².